The van der Waals surface area contributed by atoms with Crippen molar-refractivity contribution < 1.29 is 0 Å². The van der Waals surface area contributed by atoms with E-state index in [0.29, 0.717) is 5.82 Å². The third-order valence-corrected chi connectivity index (χ3v) is 2.80. The molecule has 0 spiro atoms. The number of rotatable bonds is 3. The van der Waals surface area contributed by atoms with Gasteiger partial charge in [-0.15, -0.1) is 0 Å². The second-order valence-electron chi connectivity index (χ2n) is 4.09. The minimum absolute atomic E-state index is 0.687. The molecule has 90 valence electrons. The molecule has 1 N–H and O–H groups in total. The summed E-state index contributed by atoms with van der Waals surface area (Å²) in [5.41, 5.74) is 3.17. The minimum Gasteiger partial charge on any atom is -0.331 e. The fraction of sp³-hybridized carbons (Fsp3) is 0.417. The summed E-state index contributed by atoms with van der Waals surface area (Å²) in [6, 6.07) is 0. The first-order valence-corrected chi connectivity index (χ1v) is 5.60. The van der Waals surface area contributed by atoms with Gasteiger partial charge in [0, 0.05) is 42.9 Å². The van der Waals surface area contributed by atoms with Crippen molar-refractivity contribution in [2.75, 3.05) is 7.05 Å². The summed E-state index contributed by atoms with van der Waals surface area (Å²) >= 11 is 0. The zero-order chi connectivity index (χ0) is 12.4. The Bertz CT molecular complexity index is 506. The molecule has 0 amide bonds. The van der Waals surface area contributed by atoms with Crippen molar-refractivity contribution >= 4 is 0 Å². The lowest BCUT2D eigenvalue weighted by Gasteiger charge is -2.10. The van der Waals surface area contributed by atoms with Crippen LogP contribution < -0.4 is 5.32 Å². The average molecular weight is 231 g/mol. The second-order valence-corrected chi connectivity index (χ2v) is 4.09. The number of hydrogen-bond donors (Lipinski definition) is 1. The summed E-state index contributed by atoms with van der Waals surface area (Å²) in [6.45, 7) is 4.81. The molecule has 0 fully saturated rings. The van der Waals surface area contributed by atoms with Gasteiger partial charge in [-0.2, -0.15) is 0 Å². The molecule has 0 bridgehead atoms. The molecule has 0 atom stereocenters. The van der Waals surface area contributed by atoms with Gasteiger partial charge in [0.2, 0.25) is 0 Å². The van der Waals surface area contributed by atoms with Gasteiger partial charge >= 0.3 is 0 Å². The number of hydrogen-bond acceptors (Lipinski definition) is 4. The van der Waals surface area contributed by atoms with Crippen LogP contribution in [0.3, 0.4) is 0 Å². The fourth-order valence-corrected chi connectivity index (χ4v) is 1.85. The molecule has 2 heterocycles. The summed E-state index contributed by atoms with van der Waals surface area (Å²) in [5.74, 6) is 1.49. The number of imidazole rings is 1. The third kappa shape index (κ3) is 2.19. The maximum absolute atomic E-state index is 4.52. The molecule has 0 saturated heterocycles. The molecule has 2 aromatic rings. The Hall–Kier alpha value is -1.75. The van der Waals surface area contributed by atoms with Gasteiger partial charge in [-0.05, 0) is 20.9 Å². The van der Waals surface area contributed by atoms with E-state index in [1.54, 1.807) is 6.20 Å². The SMILES string of the molecule is CNCc1c(C)nc(-c2nccn2C)nc1C. The Morgan fingerprint density at radius 1 is 1.24 bits per heavy atom. The molecule has 0 radical (unpaired) electrons. The van der Waals surface area contributed by atoms with Gasteiger partial charge in [-0.25, -0.2) is 15.0 Å². The van der Waals surface area contributed by atoms with Crippen molar-refractivity contribution in [1.82, 2.24) is 24.8 Å². The lowest BCUT2D eigenvalue weighted by molar-refractivity contribution is 0.784. The molecule has 5 heteroatoms. The standard InChI is InChI=1S/C12H17N5/c1-8-10(7-13-3)9(2)16-11(15-8)12-14-5-6-17(12)4/h5-6,13H,7H2,1-4H3. The molecule has 0 saturated carbocycles. The van der Waals surface area contributed by atoms with Crippen molar-refractivity contribution in [3.63, 3.8) is 0 Å². The maximum Gasteiger partial charge on any atom is 0.196 e. The van der Waals surface area contributed by atoms with Crippen LogP contribution in [0.15, 0.2) is 12.4 Å². The normalized spacial score (nSPS) is 10.8. The Morgan fingerprint density at radius 3 is 2.35 bits per heavy atom. The fourth-order valence-electron chi connectivity index (χ4n) is 1.85. The molecule has 2 aromatic heterocycles. The average Bonchev–Trinajstić information content (AvgIpc) is 2.69. The number of nitrogens with one attached hydrogen (secondary N) is 1. The van der Waals surface area contributed by atoms with Gasteiger partial charge in [0.05, 0.1) is 0 Å². The van der Waals surface area contributed by atoms with Gasteiger partial charge in [0.25, 0.3) is 0 Å². The van der Waals surface area contributed by atoms with Crippen molar-refractivity contribution in [2.24, 2.45) is 7.05 Å². The Kier molecular flexibility index (Phi) is 3.19. The van der Waals surface area contributed by atoms with E-state index >= 15 is 0 Å². The van der Waals surface area contributed by atoms with Crippen LogP contribution in [0.2, 0.25) is 0 Å². The van der Waals surface area contributed by atoms with E-state index in [1.165, 1.54) is 0 Å². The molecular formula is C12H17N5. The summed E-state index contributed by atoms with van der Waals surface area (Å²) < 4.78 is 1.92. The quantitative estimate of drug-likeness (QED) is 0.862. The van der Waals surface area contributed by atoms with Crippen LogP contribution in [-0.4, -0.2) is 26.6 Å². The minimum atomic E-state index is 0.687. The Balaban J connectivity index is 2.49. The van der Waals surface area contributed by atoms with E-state index in [9.17, 15) is 0 Å². The number of aromatic nitrogens is 4. The van der Waals surface area contributed by atoms with Gasteiger partial charge in [0.1, 0.15) is 0 Å². The molecule has 0 aliphatic heterocycles. The van der Waals surface area contributed by atoms with E-state index in [1.807, 2.05) is 38.7 Å². The van der Waals surface area contributed by atoms with E-state index in [2.05, 4.69) is 20.3 Å². The summed E-state index contributed by atoms with van der Waals surface area (Å²) in [5, 5.41) is 3.13. The van der Waals surface area contributed by atoms with Crippen LogP contribution in [0.25, 0.3) is 11.6 Å². The van der Waals surface area contributed by atoms with Crippen LogP contribution >= 0.6 is 0 Å². The Morgan fingerprint density at radius 2 is 1.88 bits per heavy atom. The summed E-state index contributed by atoms with van der Waals surface area (Å²) in [6.07, 6.45) is 3.65. The van der Waals surface area contributed by atoms with E-state index in [4.69, 9.17) is 0 Å². The van der Waals surface area contributed by atoms with Crippen molar-refractivity contribution in [1.29, 1.82) is 0 Å². The lowest BCUT2D eigenvalue weighted by atomic mass is 10.1. The van der Waals surface area contributed by atoms with Crippen molar-refractivity contribution in [2.45, 2.75) is 20.4 Å². The molecule has 0 aliphatic carbocycles. The Labute approximate surface area is 101 Å². The first kappa shape index (κ1) is 11.7. The number of aryl methyl sites for hydroxylation is 3. The molecule has 0 unspecified atom stereocenters. The molecule has 17 heavy (non-hydrogen) atoms. The van der Waals surface area contributed by atoms with Crippen LogP contribution in [-0.2, 0) is 13.6 Å². The summed E-state index contributed by atoms with van der Waals surface area (Å²) in [4.78, 5) is 13.3. The monoisotopic (exact) mass is 231 g/mol. The van der Waals surface area contributed by atoms with Gasteiger partial charge in [-0.1, -0.05) is 0 Å². The zero-order valence-corrected chi connectivity index (χ0v) is 10.7. The van der Waals surface area contributed by atoms with Crippen molar-refractivity contribution in [3.05, 3.63) is 29.3 Å². The molecule has 0 aliphatic rings. The van der Waals surface area contributed by atoms with Crippen LogP contribution in [0.4, 0.5) is 0 Å². The van der Waals surface area contributed by atoms with E-state index < -0.39 is 0 Å². The highest BCUT2D eigenvalue weighted by Gasteiger charge is 2.11. The molecule has 2 rings (SSSR count). The lowest BCUT2D eigenvalue weighted by Crippen LogP contribution is -2.12. The highest BCUT2D eigenvalue weighted by Crippen LogP contribution is 2.16. The summed E-state index contributed by atoms with van der Waals surface area (Å²) in [7, 11) is 3.86. The first-order valence-electron chi connectivity index (χ1n) is 5.60. The van der Waals surface area contributed by atoms with E-state index in [0.717, 1.165) is 29.3 Å². The van der Waals surface area contributed by atoms with Gasteiger partial charge < -0.3 is 9.88 Å². The zero-order valence-electron chi connectivity index (χ0n) is 10.7. The highest BCUT2D eigenvalue weighted by atomic mass is 15.1. The topological polar surface area (TPSA) is 55.6 Å². The second kappa shape index (κ2) is 4.63. The van der Waals surface area contributed by atoms with Crippen LogP contribution in [0.5, 0.6) is 0 Å². The van der Waals surface area contributed by atoms with Crippen LogP contribution in [0.1, 0.15) is 17.0 Å². The number of nitrogens with zero attached hydrogens (tertiary/aromatic N) is 4. The third-order valence-electron chi connectivity index (χ3n) is 2.80. The largest absolute Gasteiger partial charge is 0.331 e. The van der Waals surface area contributed by atoms with Crippen LogP contribution in [0, 0.1) is 13.8 Å². The predicted molar refractivity (Wildman–Crippen MR) is 66.5 cm³/mol. The molecule has 0 aromatic carbocycles. The maximum atomic E-state index is 4.52. The van der Waals surface area contributed by atoms with Gasteiger partial charge in [-0.3, -0.25) is 0 Å². The van der Waals surface area contributed by atoms with Gasteiger partial charge in [0.15, 0.2) is 11.6 Å². The van der Waals surface area contributed by atoms with E-state index in [-0.39, 0.29) is 0 Å². The van der Waals surface area contributed by atoms with Crippen molar-refractivity contribution in [3.8, 4) is 11.6 Å². The molecule has 5 nitrogen and oxygen atoms in total. The highest BCUT2D eigenvalue weighted by molar-refractivity contribution is 5.46. The predicted octanol–water partition coefficient (Wildman–Crippen LogP) is 1.21. The smallest absolute Gasteiger partial charge is 0.196 e. The molecular weight excluding hydrogens is 214 g/mol. The first-order chi connectivity index (χ1) is 8.13.